The Morgan fingerprint density at radius 3 is 2.67 bits per heavy atom. The second-order valence-electron chi connectivity index (χ2n) is 3.65. The van der Waals surface area contributed by atoms with Gasteiger partial charge in [-0.3, -0.25) is 0 Å². The van der Waals surface area contributed by atoms with Crippen molar-refractivity contribution in [2.24, 2.45) is 0 Å². The number of hydrogen-bond donors (Lipinski definition) is 4. The van der Waals surface area contributed by atoms with Gasteiger partial charge in [-0.25, -0.2) is 14.0 Å². The molecule has 1 rings (SSSR count). The lowest BCUT2D eigenvalue weighted by Crippen LogP contribution is -2.38. The minimum Gasteiger partial charge on any atom is -0.479 e. The van der Waals surface area contributed by atoms with Gasteiger partial charge < -0.3 is 20.8 Å². The van der Waals surface area contributed by atoms with Crippen LogP contribution in [0, 0.1) is 12.7 Å². The van der Waals surface area contributed by atoms with Crippen LogP contribution in [-0.2, 0) is 4.79 Å². The summed E-state index contributed by atoms with van der Waals surface area (Å²) in [5.41, 5.74) is 0.745. The molecule has 0 aromatic heterocycles. The number of carbonyl (C=O) groups excluding carboxylic acids is 1. The first-order chi connectivity index (χ1) is 8.40. The monoisotopic (exact) mass is 256 g/mol. The van der Waals surface area contributed by atoms with Gasteiger partial charge in [0.15, 0.2) is 6.10 Å². The van der Waals surface area contributed by atoms with Crippen LogP contribution >= 0.6 is 0 Å². The van der Waals surface area contributed by atoms with Crippen molar-refractivity contribution >= 4 is 17.7 Å². The number of hydrogen-bond acceptors (Lipinski definition) is 3. The average molecular weight is 256 g/mol. The fourth-order valence-corrected chi connectivity index (χ4v) is 1.17. The van der Waals surface area contributed by atoms with E-state index < -0.39 is 24.6 Å². The SMILES string of the molecule is Cc1cc(NC(=O)NC[C@H](O)C(=O)O)ccc1F. The molecular formula is C11H13FN2O4. The predicted octanol–water partition coefficient (Wildman–Crippen LogP) is 0.701. The molecule has 98 valence electrons. The van der Waals surface area contributed by atoms with Gasteiger partial charge in [-0.1, -0.05) is 0 Å². The van der Waals surface area contributed by atoms with Crippen LogP contribution < -0.4 is 10.6 Å². The minimum atomic E-state index is -1.66. The van der Waals surface area contributed by atoms with E-state index >= 15 is 0 Å². The van der Waals surface area contributed by atoms with Gasteiger partial charge in [0, 0.05) is 5.69 Å². The third kappa shape index (κ3) is 4.02. The second kappa shape index (κ2) is 5.97. The molecule has 4 N–H and O–H groups in total. The number of rotatable bonds is 4. The summed E-state index contributed by atoms with van der Waals surface area (Å²) < 4.78 is 13.0. The van der Waals surface area contributed by atoms with E-state index in [1.807, 2.05) is 0 Å². The van der Waals surface area contributed by atoms with Crippen molar-refractivity contribution in [2.45, 2.75) is 13.0 Å². The topological polar surface area (TPSA) is 98.7 Å². The molecule has 0 spiro atoms. The Balaban J connectivity index is 2.49. The first-order valence-electron chi connectivity index (χ1n) is 5.12. The summed E-state index contributed by atoms with van der Waals surface area (Å²) in [7, 11) is 0. The van der Waals surface area contributed by atoms with Gasteiger partial charge in [-0.05, 0) is 30.7 Å². The molecule has 0 unspecified atom stereocenters. The molecule has 0 aliphatic heterocycles. The molecule has 1 aromatic rings. The van der Waals surface area contributed by atoms with Crippen LogP contribution in [0.2, 0.25) is 0 Å². The average Bonchev–Trinajstić information content (AvgIpc) is 2.30. The number of aliphatic hydroxyl groups excluding tert-OH is 1. The molecule has 2 amide bonds. The van der Waals surface area contributed by atoms with Crippen molar-refractivity contribution in [2.75, 3.05) is 11.9 Å². The van der Waals surface area contributed by atoms with E-state index in [1.54, 1.807) is 6.92 Å². The van der Waals surface area contributed by atoms with Gasteiger partial charge in [0.2, 0.25) is 0 Å². The standard InChI is InChI=1S/C11H13FN2O4/c1-6-4-7(2-3-8(6)12)14-11(18)13-5-9(15)10(16)17/h2-4,9,15H,5H2,1H3,(H,16,17)(H2,13,14,18)/t9-/m0/s1. The number of urea groups is 1. The summed E-state index contributed by atoms with van der Waals surface area (Å²) >= 11 is 0. The number of carboxylic acids is 1. The van der Waals surface area contributed by atoms with E-state index in [9.17, 15) is 14.0 Å². The first kappa shape index (κ1) is 13.9. The highest BCUT2D eigenvalue weighted by Gasteiger charge is 2.14. The summed E-state index contributed by atoms with van der Waals surface area (Å²) in [6.07, 6.45) is -1.66. The number of amides is 2. The molecule has 0 heterocycles. The van der Waals surface area contributed by atoms with Crippen LogP contribution in [0.25, 0.3) is 0 Å². The highest BCUT2D eigenvalue weighted by molar-refractivity contribution is 5.89. The highest BCUT2D eigenvalue weighted by Crippen LogP contribution is 2.13. The van der Waals surface area contributed by atoms with Crippen LogP contribution in [0.1, 0.15) is 5.56 Å². The van der Waals surface area contributed by atoms with Gasteiger partial charge in [0.1, 0.15) is 5.82 Å². The van der Waals surface area contributed by atoms with Gasteiger partial charge in [0.25, 0.3) is 0 Å². The van der Waals surface area contributed by atoms with Crippen LogP contribution in [0.4, 0.5) is 14.9 Å². The van der Waals surface area contributed by atoms with E-state index in [0.717, 1.165) is 0 Å². The van der Waals surface area contributed by atoms with E-state index in [1.165, 1.54) is 18.2 Å². The predicted molar refractivity (Wildman–Crippen MR) is 61.8 cm³/mol. The number of anilines is 1. The van der Waals surface area contributed by atoms with Crippen molar-refractivity contribution in [3.63, 3.8) is 0 Å². The number of benzene rings is 1. The molecule has 6 nitrogen and oxygen atoms in total. The van der Waals surface area contributed by atoms with Crippen molar-refractivity contribution in [3.8, 4) is 0 Å². The fourth-order valence-electron chi connectivity index (χ4n) is 1.17. The minimum absolute atomic E-state index is 0.371. The summed E-state index contributed by atoms with van der Waals surface area (Å²) in [4.78, 5) is 21.6. The molecule has 0 fully saturated rings. The summed E-state index contributed by atoms with van der Waals surface area (Å²) in [5.74, 6) is -1.81. The van der Waals surface area contributed by atoms with E-state index in [0.29, 0.717) is 11.3 Å². The molecule has 0 aliphatic carbocycles. The maximum absolute atomic E-state index is 13.0. The third-order valence-electron chi connectivity index (χ3n) is 2.16. The molecule has 1 aromatic carbocycles. The van der Waals surface area contributed by atoms with E-state index in [-0.39, 0.29) is 5.82 Å². The maximum Gasteiger partial charge on any atom is 0.334 e. The molecule has 0 saturated carbocycles. The molecule has 0 bridgehead atoms. The number of aryl methyl sites for hydroxylation is 1. The molecule has 7 heteroatoms. The summed E-state index contributed by atoms with van der Waals surface area (Å²) in [6, 6.07) is 3.33. The zero-order valence-electron chi connectivity index (χ0n) is 9.61. The zero-order valence-corrected chi connectivity index (χ0v) is 9.61. The molecular weight excluding hydrogens is 243 g/mol. The van der Waals surface area contributed by atoms with Gasteiger partial charge in [0.05, 0.1) is 6.54 Å². The lowest BCUT2D eigenvalue weighted by Gasteiger charge is -2.10. The Labute approximate surface area is 102 Å². The Bertz CT molecular complexity index is 464. The van der Waals surface area contributed by atoms with E-state index in [2.05, 4.69) is 10.6 Å². The Hall–Kier alpha value is -2.15. The Kier molecular flexibility index (Phi) is 4.61. The number of aliphatic carboxylic acids is 1. The Morgan fingerprint density at radius 1 is 1.44 bits per heavy atom. The highest BCUT2D eigenvalue weighted by atomic mass is 19.1. The zero-order chi connectivity index (χ0) is 13.7. The lowest BCUT2D eigenvalue weighted by atomic mass is 10.2. The van der Waals surface area contributed by atoms with E-state index in [4.69, 9.17) is 10.2 Å². The largest absolute Gasteiger partial charge is 0.479 e. The van der Waals surface area contributed by atoms with Gasteiger partial charge in [-0.15, -0.1) is 0 Å². The van der Waals surface area contributed by atoms with Crippen LogP contribution in [0.15, 0.2) is 18.2 Å². The molecule has 18 heavy (non-hydrogen) atoms. The van der Waals surface area contributed by atoms with Crippen LogP contribution in [-0.4, -0.2) is 34.9 Å². The third-order valence-corrected chi connectivity index (χ3v) is 2.16. The lowest BCUT2D eigenvalue weighted by molar-refractivity contribution is -0.146. The van der Waals surface area contributed by atoms with Gasteiger partial charge >= 0.3 is 12.0 Å². The summed E-state index contributed by atoms with van der Waals surface area (Å²) in [5, 5.41) is 21.9. The summed E-state index contributed by atoms with van der Waals surface area (Å²) in [6.45, 7) is 1.13. The normalized spacial score (nSPS) is 11.7. The first-order valence-corrected chi connectivity index (χ1v) is 5.12. The van der Waals surface area contributed by atoms with Crippen molar-refractivity contribution in [1.29, 1.82) is 0 Å². The molecule has 0 radical (unpaired) electrons. The maximum atomic E-state index is 13.0. The number of carbonyl (C=O) groups is 2. The van der Waals surface area contributed by atoms with Gasteiger partial charge in [-0.2, -0.15) is 0 Å². The molecule has 1 atom stereocenters. The van der Waals surface area contributed by atoms with Crippen LogP contribution in [0.3, 0.4) is 0 Å². The number of nitrogens with one attached hydrogen (secondary N) is 2. The van der Waals surface area contributed by atoms with Crippen molar-refractivity contribution < 1.29 is 24.2 Å². The molecule has 0 aliphatic rings. The number of carboxylic acid groups (broad SMARTS) is 1. The van der Waals surface area contributed by atoms with Crippen molar-refractivity contribution in [1.82, 2.24) is 5.32 Å². The molecule has 0 saturated heterocycles. The fraction of sp³-hybridized carbons (Fsp3) is 0.273. The number of halogens is 1. The quantitative estimate of drug-likeness (QED) is 0.637. The Morgan fingerprint density at radius 2 is 2.11 bits per heavy atom. The number of aliphatic hydroxyl groups is 1. The second-order valence-corrected chi connectivity index (χ2v) is 3.65. The van der Waals surface area contributed by atoms with Crippen LogP contribution in [0.5, 0.6) is 0 Å². The van der Waals surface area contributed by atoms with Crippen molar-refractivity contribution in [3.05, 3.63) is 29.6 Å². The smallest absolute Gasteiger partial charge is 0.334 e.